The number of carbonyl (C=O) groups is 3. The van der Waals surface area contributed by atoms with Crippen molar-refractivity contribution in [2.75, 3.05) is 6.54 Å². The number of carboxylic acid groups (broad SMARTS) is 1. The van der Waals surface area contributed by atoms with Gasteiger partial charge in [-0.1, -0.05) is 12.1 Å². The first-order valence-electron chi connectivity index (χ1n) is 8.21. The molecule has 0 radical (unpaired) electrons. The summed E-state index contributed by atoms with van der Waals surface area (Å²) in [6.45, 7) is -0.816. The maximum Gasteiger partial charge on any atom is 0.323 e. The topological polar surface area (TPSA) is 138 Å². The number of carbonyl (C=O) groups excluding carboxylic acids is 2. The number of nitro groups is 1. The van der Waals surface area contributed by atoms with E-state index in [1.807, 2.05) is 0 Å². The summed E-state index contributed by atoms with van der Waals surface area (Å²) in [5.41, 5.74) is -0.397. The van der Waals surface area contributed by atoms with Crippen LogP contribution in [0.15, 0.2) is 54.1 Å². The van der Waals surface area contributed by atoms with Crippen LogP contribution in [0, 0.1) is 15.9 Å². The number of nitrogens with zero attached hydrogens (tertiary/aromatic N) is 2. The number of carboxylic acids is 1. The molecule has 1 aliphatic rings. The molecular formula is C19H13FN2O7. The number of nitro benzene ring substituents is 1. The number of likely N-dealkylation sites (tertiary alicyclic amines) is 1. The van der Waals surface area contributed by atoms with Crippen molar-refractivity contribution >= 4 is 29.1 Å². The first-order chi connectivity index (χ1) is 13.7. The Kier molecular flexibility index (Phi) is 5.09. The molecule has 1 amide bonds. The molecule has 2 aromatic carbocycles. The predicted molar refractivity (Wildman–Crippen MR) is 96.1 cm³/mol. The highest BCUT2D eigenvalue weighted by atomic mass is 19.1. The summed E-state index contributed by atoms with van der Waals surface area (Å²) in [7, 11) is 0. The van der Waals surface area contributed by atoms with Gasteiger partial charge in [-0.15, -0.1) is 0 Å². The minimum atomic E-state index is -1.38. The molecule has 1 saturated heterocycles. The summed E-state index contributed by atoms with van der Waals surface area (Å²) in [6, 6.07) is 8.02. The van der Waals surface area contributed by atoms with Gasteiger partial charge in [-0.05, 0) is 29.8 Å². The number of halogens is 1. The summed E-state index contributed by atoms with van der Waals surface area (Å²) in [6.07, 6.45) is 0. The maximum atomic E-state index is 13.3. The van der Waals surface area contributed by atoms with E-state index in [1.165, 1.54) is 24.3 Å². The number of aliphatic carboxylic acids is 1. The highest BCUT2D eigenvalue weighted by molar-refractivity contribution is 6.46. The second kappa shape index (κ2) is 7.50. The molecule has 1 atom stereocenters. The largest absolute Gasteiger partial charge is 0.507 e. The third kappa shape index (κ3) is 3.68. The summed E-state index contributed by atoms with van der Waals surface area (Å²) >= 11 is 0. The predicted octanol–water partition coefficient (Wildman–Crippen LogP) is 2.24. The minimum absolute atomic E-state index is 0.0241. The maximum absolute atomic E-state index is 13.3. The summed E-state index contributed by atoms with van der Waals surface area (Å²) in [4.78, 5) is 47.0. The number of rotatable bonds is 5. The Balaban J connectivity index is 2.16. The van der Waals surface area contributed by atoms with Crippen LogP contribution in [0.3, 0.4) is 0 Å². The van der Waals surface area contributed by atoms with Gasteiger partial charge in [-0.2, -0.15) is 0 Å². The number of hydrogen-bond acceptors (Lipinski definition) is 6. The van der Waals surface area contributed by atoms with E-state index in [2.05, 4.69) is 0 Å². The average Bonchev–Trinajstić information content (AvgIpc) is 2.92. The van der Waals surface area contributed by atoms with Gasteiger partial charge in [-0.25, -0.2) is 4.39 Å². The monoisotopic (exact) mass is 400 g/mol. The van der Waals surface area contributed by atoms with Crippen molar-refractivity contribution in [3.05, 3.63) is 81.2 Å². The molecule has 0 unspecified atom stereocenters. The Morgan fingerprint density at radius 2 is 1.66 bits per heavy atom. The third-order valence-electron chi connectivity index (χ3n) is 4.38. The molecule has 2 N–H and O–H groups in total. The number of Topliss-reactive ketones (excluding diaryl/α,β-unsaturated/α-hetero) is 1. The van der Waals surface area contributed by atoms with E-state index in [0.717, 1.165) is 29.2 Å². The number of aliphatic hydroxyl groups is 1. The zero-order chi connectivity index (χ0) is 21.3. The van der Waals surface area contributed by atoms with Crippen LogP contribution in [0.5, 0.6) is 0 Å². The van der Waals surface area contributed by atoms with Crippen molar-refractivity contribution in [3.8, 4) is 0 Å². The molecule has 1 heterocycles. The van der Waals surface area contributed by atoms with Gasteiger partial charge in [0.1, 0.15) is 18.1 Å². The first kappa shape index (κ1) is 19.7. The van der Waals surface area contributed by atoms with Gasteiger partial charge in [0, 0.05) is 17.7 Å². The fraction of sp³-hybridized carbons (Fsp3) is 0.105. The van der Waals surface area contributed by atoms with Crippen molar-refractivity contribution < 1.29 is 33.9 Å². The highest BCUT2D eigenvalue weighted by Crippen LogP contribution is 2.39. The molecule has 0 spiro atoms. The average molecular weight is 400 g/mol. The van der Waals surface area contributed by atoms with Crippen LogP contribution < -0.4 is 0 Å². The number of amides is 1. The molecule has 2 aromatic rings. The van der Waals surface area contributed by atoms with Crippen molar-refractivity contribution in [1.29, 1.82) is 0 Å². The van der Waals surface area contributed by atoms with Gasteiger partial charge >= 0.3 is 5.97 Å². The van der Waals surface area contributed by atoms with Crippen molar-refractivity contribution in [2.45, 2.75) is 6.04 Å². The Hall–Kier alpha value is -4.08. The number of ketones is 1. The Morgan fingerprint density at radius 3 is 2.17 bits per heavy atom. The van der Waals surface area contributed by atoms with E-state index in [1.54, 1.807) is 0 Å². The third-order valence-corrected chi connectivity index (χ3v) is 4.38. The van der Waals surface area contributed by atoms with Crippen molar-refractivity contribution in [1.82, 2.24) is 4.90 Å². The lowest BCUT2D eigenvalue weighted by molar-refractivity contribution is -0.384. The summed E-state index contributed by atoms with van der Waals surface area (Å²) < 4.78 is 13.3. The zero-order valence-corrected chi connectivity index (χ0v) is 14.6. The first-order valence-corrected chi connectivity index (χ1v) is 8.21. The van der Waals surface area contributed by atoms with E-state index in [-0.39, 0.29) is 16.8 Å². The van der Waals surface area contributed by atoms with Gasteiger partial charge in [0.25, 0.3) is 17.4 Å². The Labute approximate surface area is 162 Å². The van der Waals surface area contributed by atoms with E-state index in [4.69, 9.17) is 5.11 Å². The van der Waals surface area contributed by atoms with Crippen molar-refractivity contribution in [2.24, 2.45) is 0 Å². The van der Waals surface area contributed by atoms with Crippen LogP contribution in [0.2, 0.25) is 0 Å². The van der Waals surface area contributed by atoms with Gasteiger partial charge in [0.05, 0.1) is 16.5 Å². The molecular weight excluding hydrogens is 387 g/mol. The van der Waals surface area contributed by atoms with Crippen LogP contribution in [0.1, 0.15) is 17.2 Å². The lowest BCUT2D eigenvalue weighted by Gasteiger charge is -2.23. The summed E-state index contributed by atoms with van der Waals surface area (Å²) in [5.74, 6) is -4.84. The SMILES string of the molecule is O=C(O)CN1C(=O)C(=O)/C(=C(/O)c2ccc([N+](=O)[O-])cc2)[C@@H]1c1ccc(F)cc1. The highest BCUT2D eigenvalue weighted by Gasteiger charge is 2.46. The lowest BCUT2D eigenvalue weighted by Crippen LogP contribution is -2.34. The van der Waals surface area contributed by atoms with E-state index in [9.17, 15) is 34.0 Å². The smallest absolute Gasteiger partial charge is 0.323 e. The van der Waals surface area contributed by atoms with Crippen LogP contribution in [0.4, 0.5) is 10.1 Å². The van der Waals surface area contributed by atoms with Gasteiger partial charge < -0.3 is 15.1 Å². The quantitative estimate of drug-likeness (QED) is 0.258. The minimum Gasteiger partial charge on any atom is -0.507 e. The zero-order valence-electron chi connectivity index (χ0n) is 14.6. The molecule has 1 aliphatic heterocycles. The number of benzene rings is 2. The molecule has 10 heteroatoms. The van der Waals surface area contributed by atoms with Crippen LogP contribution in [-0.4, -0.2) is 44.2 Å². The Bertz CT molecular complexity index is 1050. The van der Waals surface area contributed by atoms with Crippen molar-refractivity contribution in [3.63, 3.8) is 0 Å². The molecule has 1 fully saturated rings. The molecule has 0 aromatic heterocycles. The fourth-order valence-electron chi connectivity index (χ4n) is 3.08. The van der Waals surface area contributed by atoms with E-state index in [0.29, 0.717) is 0 Å². The second-order valence-electron chi connectivity index (χ2n) is 6.18. The molecule has 0 bridgehead atoms. The molecule has 9 nitrogen and oxygen atoms in total. The lowest BCUT2D eigenvalue weighted by atomic mass is 9.95. The fourth-order valence-corrected chi connectivity index (χ4v) is 3.08. The van der Waals surface area contributed by atoms with Gasteiger partial charge in [-0.3, -0.25) is 24.5 Å². The summed E-state index contributed by atoms with van der Waals surface area (Å²) in [5, 5.41) is 30.6. The van der Waals surface area contributed by atoms with E-state index < -0.39 is 52.3 Å². The van der Waals surface area contributed by atoms with Gasteiger partial charge in [0.15, 0.2) is 0 Å². The normalized spacial score (nSPS) is 18.1. The number of hydrogen-bond donors (Lipinski definition) is 2. The molecule has 3 rings (SSSR count). The second-order valence-corrected chi connectivity index (χ2v) is 6.18. The Morgan fingerprint density at radius 1 is 1.07 bits per heavy atom. The molecule has 29 heavy (non-hydrogen) atoms. The van der Waals surface area contributed by atoms with E-state index >= 15 is 0 Å². The molecule has 0 aliphatic carbocycles. The van der Waals surface area contributed by atoms with Gasteiger partial charge in [0.2, 0.25) is 0 Å². The molecule has 148 valence electrons. The van der Waals surface area contributed by atoms with Crippen LogP contribution in [-0.2, 0) is 14.4 Å². The van der Waals surface area contributed by atoms with Crippen LogP contribution in [0.25, 0.3) is 5.76 Å². The number of non-ortho nitro benzene ring substituents is 1. The standard InChI is InChI=1S/C19H13FN2O7/c20-12-5-1-10(2-6-12)16-15(18(26)19(27)21(16)9-14(23)24)17(25)11-3-7-13(8-4-11)22(28)29/h1-8,16,25H,9H2,(H,23,24)/b17-15+/t16-/m0/s1. The number of aliphatic hydroxyl groups excluding tert-OH is 1. The van der Waals surface area contributed by atoms with Crippen LogP contribution >= 0.6 is 0 Å². The molecule has 0 saturated carbocycles.